The molecule has 0 aliphatic rings. The summed E-state index contributed by atoms with van der Waals surface area (Å²) in [5.41, 5.74) is 0.192. The molecule has 0 saturated carbocycles. The van der Waals surface area contributed by atoms with Gasteiger partial charge in [0, 0.05) is 5.69 Å². The summed E-state index contributed by atoms with van der Waals surface area (Å²) in [6, 6.07) is 12.7. The maximum Gasteiger partial charge on any atom is 0.417 e. The third-order valence-corrected chi connectivity index (χ3v) is 2.73. The summed E-state index contributed by atoms with van der Waals surface area (Å²) >= 11 is 5.73. The number of anilines is 1. The second-order valence-corrected chi connectivity index (χ2v) is 4.23. The lowest BCUT2D eigenvalue weighted by Gasteiger charge is -2.07. The summed E-state index contributed by atoms with van der Waals surface area (Å²) < 4.78 is 5.02. The molecule has 0 aromatic heterocycles. The van der Waals surface area contributed by atoms with Crippen LogP contribution < -0.4 is 10.1 Å². The van der Waals surface area contributed by atoms with Crippen LogP contribution in [0.3, 0.4) is 0 Å². The molecule has 0 atom stereocenters. The van der Waals surface area contributed by atoms with Gasteiger partial charge in [-0.25, -0.2) is 9.59 Å². The Balaban J connectivity index is 2.08. The van der Waals surface area contributed by atoms with Crippen LogP contribution in [0.5, 0.6) is 5.75 Å². The molecular weight excluding hydrogens is 282 g/mol. The largest absolute Gasteiger partial charge is 0.478 e. The van der Waals surface area contributed by atoms with Gasteiger partial charge >= 0.3 is 12.1 Å². The van der Waals surface area contributed by atoms with Crippen LogP contribution in [0.2, 0.25) is 5.02 Å². The summed E-state index contributed by atoms with van der Waals surface area (Å²) in [6.45, 7) is 0. The third-order valence-electron chi connectivity index (χ3n) is 2.40. The van der Waals surface area contributed by atoms with Crippen molar-refractivity contribution in [2.45, 2.75) is 0 Å². The minimum absolute atomic E-state index is 0.0934. The van der Waals surface area contributed by atoms with Gasteiger partial charge < -0.3 is 9.84 Å². The Kier molecular flexibility index (Phi) is 4.22. The first-order chi connectivity index (χ1) is 9.56. The summed E-state index contributed by atoms with van der Waals surface area (Å²) in [5.74, 6) is -0.785. The van der Waals surface area contributed by atoms with Gasteiger partial charge in [0.1, 0.15) is 5.75 Å². The van der Waals surface area contributed by atoms with Crippen LogP contribution in [0.4, 0.5) is 10.5 Å². The number of hydrogen-bond donors (Lipinski definition) is 2. The number of carbonyl (C=O) groups excluding carboxylic acids is 1. The van der Waals surface area contributed by atoms with Gasteiger partial charge in [-0.1, -0.05) is 29.8 Å². The number of amides is 1. The van der Waals surface area contributed by atoms with E-state index < -0.39 is 12.1 Å². The summed E-state index contributed by atoms with van der Waals surface area (Å²) in [6.07, 6.45) is -0.713. The number of hydrogen-bond acceptors (Lipinski definition) is 3. The molecule has 5 nitrogen and oxygen atoms in total. The van der Waals surface area contributed by atoms with Gasteiger partial charge in [-0.05, 0) is 30.3 Å². The molecule has 0 aliphatic carbocycles. The second-order valence-electron chi connectivity index (χ2n) is 3.83. The van der Waals surface area contributed by atoms with Crippen molar-refractivity contribution in [3.05, 3.63) is 59.1 Å². The van der Waals surface area contributed by atoms with E-state index in [4.69, 9.17) is 21.4 Å². The number of benzene rings is 2. The highest BCUT2D eigenvalue weighted by atomic mass is 35.5. The minimum atomic E-state index is -1.17. The lowest BCUT2D eigenvalue weighted by molar-refractivity contribution is 0.0697. The van der Waals surface area contributed by atoms with Crippen LogP contribution in [0.25, 0.3) is 0 Å². The molecule has 20 heavy (non-hydrogen) atoms. The molecule has 2 aromatic rings. The maximum absolute atomic E-state index is 11.6. The van der Waals surface area contributed by atoms with Gasteiger partial charge in [-0.3, -0.25) is 5.32 Å². The highest BCUT2D eigenvalue weighted by Gasteiger charge is 2.11. The number of halogens is 1. The molecule has 0 saturated heterocycles. The van der Waals surface area contributed by atoms with Crippen LogP contribution >= 0.6 is 11.6 Å². The predicted molar refractivity (Wildman–Crippen MR) is 74.5 cm³/mol. The van der Waals surface area contributed by atoms with Crippen molar-refractivity contribution in [3.8, 4) is 5.75 Å². The Morgan fingerprint density at radius 1 is 1.10 bits per heavy atom. The van der Waals surface area contributed by atoms with E-state index in [0.717, 1.165) is 0 Å². The van der Waals surface area contributed by atoms with E-state index in [-0.39, 0.29) is 16.3 Å². The standard InChI is InChI=1S/C14H10ClNO4/c15-12-7-6-9(8-11(12)13(17)18)16-14(19)20-10-4-2-1-3-5-10/h1-8H,(H,16,19)(H,17,18). The topological polar surface area (TPSA) is 75.6 Å². The molecule has 0 radical (unpaired) electrons. The Morgan fingerprint density at radius 2 is 1.80 bits per heavy atom. The zero-order chi connectivity index (χ0) is 14.5. The van der Waals surface area contributed by atoms with Gasteiger partial charge in [-0.2, -0.15) is 0 Å². The molecule has 2 aromatic carbocycles. The molecule has 0 bridgehead atoms. The highest BCUT2D eigenvalue weighted by Crippen LogP contribution is 2.21. The Bertz CT molecular complexity index is 643. The third kappa shape index (κ3) is 3.49. The van der Waals surface area contributed by atoms with Crippen molar-refractivity contribution >= 4 is 29.4 Å². The molecule has 0 unspecified atom stereocenters. The first-order valence-electron chi connectivity index (χ1n) is 5.63. The van der Waals surface area contributed by atoms with E-state index >= 15 is 0 Å². The lowest BCUT2D eigenvalue weighted by Crippen LogP contribution is -2.17. The number of carboxylic acid groups (broad SMARTS) is 1. The van der Waals surface area contributed by atoms with E-state index in [0.29, 0.717) is 5.75 Å². The van der Waals surface area contributed by atoms with Crippen molar-refractivity contribution < 1.29 is 19.4 Å². The minimum Gasteiger partial charge on any atom is -0.478 e. The maximum atomic E-state index is 11.6. The summed E-state index contributed by atoms with van der Waals surface area (Å²) in [5, 5.41) is 11.5. The molecule has 1 amide bonds. The number of aromatic carboxylic acids is 1. The van der Waals surface area contributed by atoms with Crippen LogP contribution in [0.15, 0.2) is 48.5 Å². The molecule has 0 aliphatic heterocycles. The van der Waals surface area contributed by atoms with Crippen LogP contribution in [0.1, 0.15) is 10.4 Å². The van der Waals surface area contributed by atoms with Gasteiger partial charge in [-0.15, -0.1) is 0 Å². The number of carboxylic acids is 1. The molecule has 6 heteroatoms. The van der Waals surface area contributed by atoms with Gasteiger partial charge in [0.05, 0.1) is 10.6 Å². The zero-order valence-corrected chi connectivity index (χ0v) is 10.9. The normalized spacial score (nSPS) is 9.85. The van der Waals surface area contributed by atoms with E-state index in [1.165, 1.54) is 18.2 Å². The Morgan fingerprint density at radius 3 is 2.45 bits per heavy atom. The Hall–Kier alpha value is -2.53. The predicted octanol–water partition coefficient (Wildman–Crippen LogP) is 3.65. The number of rotatable bonds is 3. The average molecular weight is 292 g/mol. The van der Waals surface area contributed by atoms with Crippen molar-refractivity contribution in [1.29, 1.82) is 0 Å². The van der Waals surface area contributed by atoms with Crippen LogP contribution in [-0.4, -0.2) is 17.2 Å². The number of carbonyl (C=O) groups is 2. The SMILES string of the molecule is O=C(Nc1ccc(Cl)c(C(=O)O)c1)Oc1ccccc1. The van der Waals surface area contributed by atoms with E-state index in [2.05, 4.69) is 5.32 Å². The molecule has 0 spiro atoms. The van der Waals surface area contributed by atoms with E-state index in [1.54, 1.807) is 30.3 Å². The van der Waals surface area contributed by atoms with Crippen LogP contribution in [0, 0.1) is 0 Å². The quantitative estimate of drug-likeness (QED) is 0.905. The van der Waals surface area contributed by atoms with Gasteiger partial charge in [0.2, 0.25) is 0 Å². The fraction of sp³-hybridized carbons (Fsp3) is 0. The van der Waals surface area contributed by atoms with Crippen molar-refractivity contribution in [2.24, 2.45) is 0 Å². The molecule has 2 N–H and O–H groups in total. The number of para-hydroxylation sites is 1. The first-order valence-corrected chi connectivity index (χ1v) is 6.01. The second kappa shape index (κ2) is 6.08. The van der Waals surface area contributed by atoms with E-state index in [9.17, 15) is 9.59 Å². The molecular formula is C14H10ClNO4. The number of ether oxygens (including phenoxy) is 1. The fourth-order valence-corrected chi connectivity index (χ4v) is 1.70. The average Bonchev–Trinajstić information content (AvgIpc) is 2.41. The smallest absolute Gasteiger partial charge is 0.417 e. The highest BCUT2D eigenvalue weighted by molar-refractivity contribution is 6.33. The lowest BCUT2D eigenvalue weighted by atomic mass is 10.2. The van der Waals surface area contributed by atoms with E-state index in [1.807, 2.05) is 0 Å². The number of nitrogens with one attached hydrogen (secondary N) is 1. The molecule has 2 rings (SSSR count). The molecule has 102 valence electrons. The zero-order valence-electron chi connectivity index (χ0n) is 10.2. The van der Waals surface area contributed by atoms with Crippen molar-refractivity contribution in [3.63, 3.8) is 0 Å². The van der Waals surface area contributed by atoms with Crippen molar-refractivity contribution in [2.75, 3.05) is 5.32 Å². The first kappa shape index (κ1) is 13.9. The molecule has 0 fully saturated rings. The van der Waals surface area contributed by atoms with Gasteiger partial charge in [0.15, 0.2) is 0 Å². The Labute approximate surface area is 119 Å². The van der Waals surface area contributed by atoms with Crippen LogP contribution in [-0.2, 0) is 0 Å². The van der Waals surface area contributed by atoms with Crippen molar-refractivity contribution in [1.82, 2.24) is 0 Å². The summed E-state index contributed by atoms with van der Waals surface area (Å²) in [7, 11) is 0. The van der Waals surface area contributed by atoms with Gasteiger partial charge in [0.25, 0.3) is 0 Å². The monoisotopic (exact) mass is 291 g/mol. The fourth-order valence-electron chi connectivity index (χ4n) is 1.51. The molecule has 0 heterocycles. The summed E-state index contributed by atoms with van der Waals surface area (Å²) in [4.78, 5) is 22.6.